The molecule has 0 radical (unpaired) electrons. The van der Waals surface area contributed by atoms with Gasteiger partial charge < -0.3 is 5.11 Å². The molecule has 14 heavy (non-hydrogen) atoms. The maximum atomic E-state index is 12.6. The lowest BCUT2D eigenvalue weighted by Crippen LogP contribution is -2.34. The summed E-state index contributed by atoms with van der Waals surface area (Å²) in [5.74, 6) is -4.42. The van der Waals surface area contributed by atoms with Crippen LogP contribution in [-0.4, -0.2) is 17.5 Å². The molecule has 0 aliphatic carbocycles. The third-order valence-electron chi connectivity index (χ3n) is 1.77. The average Bonchev–Trinajstić information content (AvgIpc) is 2.17. The average molecular weight is 208 g/mol. The summed E-state index contributed by atoms with van der Waals surface area (Å²) in [5.41, 5.74) is -0.224. The van der Waals surface area contributed by atoms with Crippen molar-refractivity contribution in [3.05, 3.63) is 35.9 Å². The molecule has 0 aliphatic rings. The second-order valence-electron chi connectivity index (χ2n) is 2.79. The predicted molar refractivity (Wildman–Crippen MR) is 42.4 cm³/mol. The molecule has 0 fully saturated rings. The minimum atomic E-state index is -4.42. The zero-order valence-electron chi connectivity index (χ0n) is 7.00. The van der Waals surface area contributed by atoms with Crippen molar-refractivity contribution in [1.82, 2.24) is 0 Å². The first kappa shape index (κ1) is 11.0. The number of halogens is 4. The van der Waals surface area contributed by atoms with Gasteiger partial charge in [-0.2, -0.15) is 8.78 Å². The van der Waals surface area contributed by atoms with Gasteiger partial charge in [0.15, 0.2) is 0 Å². The molecule has 0 saturated carbocycles. The molecule has 0 amide bonds. The smallest absolute Gasteiger partial charge is 0.336 e. The molecule has 1 aromatic rings. The van der Waals surface area contributed by atoms with Crippen LogP contribution in [0.25, 0.3) is 0 Å². The molecule has 0 saturated heterocycles. The van der Waals surface area contributed by atoms with E-state index < -0.39 is 18.5 Å². The number of hydrogen-bond donors (Lipinski definition) is 1. The Morgan fingerprint density at radius 2 is 1.57 bits per heavy atom. The highest BCUT2D eigenvalue weighted by molar-refractivity contribution is 5.19. The van der Waals surface area contributed by atoms with Crippen LogP contribution >= 0.6 is 0 Å². The fraction of sp³-hybridized carbons (Fsp3) is 0.333. The van der Waals surface area contributed by atoms with Crippen molar-refractivity contribution in [2.24, 2.45) is 0 Å². The molecule has 0 aromatic heterocycles. The lowest BCUT2D eigenvalue weighted by atomic mass is 10.0. The van der Waals surface area contributed by atoms with E-state index in [2.05, 4.69) is 0 Å². The van der Waals surface area contributed by atoms with Gasteiger partial charge in [0.2, 0.25) is 0 Å². The molecule has 0 spiro atoms. The Bertz CT molecular complexity index is 286. The summed E-state index contributed by atoms with van der Waals surface area (Å²) in [6.45, 7) is 0. The van der Waals surface area contributed by atoms with Crippen LogP contribution in [0.2, 0.25) is 0 Å². The van der Waals surface area contributed by atoms with Crippen LogP contribution < -0.4 is 0 Å². The molecule has 0 bridgehead atoms. The Labute approximate surface area is 78.0 Å². The molecule has 5 heteroatoms. The highest BCUT2D eigenvalue weighted by Crippen LogP contribution is 2.36. The molecule has 0 aliphatic heterocycles. The molecule has 1 N–H and O–H groups in total. The van der Waals surface area contributed by atoms with Gasteiger partial charge in [-0.25, -0.2) is 8.78 Å². The number of rotatable bonds is 3. The largest absolute Gasteiger partial charge is 0.382 e. The predicted octanol–water partition coefficient (Wildman–Crippen LogP) is 2.62. The summed E-state index contributed by atoms with van der Waals surface area (Å²) in [6, 6.07) is 6.65. The van der Waals surface area contributed by atoms with E-state index in [1.165, 1.54) is 30.3 Å². The van der Waals surface area contributed by atoms with Crippen molar-refractivity contribution in [3.63, 3.8) is 0 Å². The standard InChI is InChI=1S/C9H8F4O/c10-8(11)9(12,13)7(14)6-4-2-1-3-5-6/h1-5,7-8,14H. The summed E-state index contributed by atoms with van der Waals surface area (Å²) in [4.78, 5) is 0. The zero-order chi connectivity index (χ0) is 10.8. The van der Waals surface area contributed by atoms with E-state index in [-0.39, 0.29) is 5.56 Å². The quantitative estimate of drug-likeness (QED) is 0.757. The van der Waals surface area contributed by atoms with E-state index in [9.17, 15) is 17.6 Å². The molecule has 1 unspecified atom stereocenters. The summed E-state index contributed by atoms with van der Waals surface area (Å²) in [7, 11) is 0. The van der Waals surface area contributed by atoms with E-state index in [0.717, 1.165) is 0 Å². The van der Waals surface area contributed by atoms with Crippen LogP contribution in [0, 0.1) is 0 Å². The summed E-state index contributed by atoms with van der Waals surface area (Å²) < 4.78 is 48.9. The van der Waals surface area contributed by atoms with Crippen molar-refractivity contribution in [2.75, 3.05) is 0 Å². The summed E-state index contributed by atoms with van der Waals surface area (Å²) in [5, 5.41) is 8.99. The van der Waals surface area contributed by atoms with Crippen LogP contribution in [0.1, 0.15) is 11.7 Å². The van der Waals surface area contributed by atoms with Gasteiger partial charge >= 0.3 is 12.3 Å². The minimum Gasteiger partial charge on any atom is -0.382 e. The number of aliphatic hydroxyl groups excluding tert-OH is 1. The van der Waals surface area contributed by atoms with Crippen LogP contribution in [0.4, 0.5) is 17.6 Å². The van der Waals surface area contributed by atoms with Crippen LogP contribution in [0.15, 0.2) is 30.3 Å². The van der Waals surface area contributed by atoms with Crippen molar-refractivity contribution >= 4 is 0 Å². The first-order valence-electron chi connectivity index (χ1n) is 3.85. The van der Waals surface area contributed by atoms with Crippen molar-refractivity contribution in [1.29, 1.82) is 0 Å². The van der Waals surface area contributed by atoms with Gasteiger partial charge in [-0.15, -0.1) is 0 Å². The van der Waals surface area contributed by atoms with E-state index in [1.807, 2.05) is 0 Å². The van der Waals surface area contributed by atoms with Crippen molar-refractivity contribution in [3.8, 4) is 0 Å². The van der Waals surface area contributed by atoms with Crippen molar-refractivity contribution in [2.45, 2.75) is 18.5 Å². The second-order valence-corrected chi connectivity index (χ2v) is 2.79. The number of benzene rings is 1. The molecular weight excluding hydrogens is 200 g/mol. The van der Waals surface area contributed by atoms with Crippen molar-refractivity contribution < 1.29 is 22.7 Å². The summed E-state index contributed by atoms with van der Waals surface area (Å²) in [6.07, 6.45) is -6.35. The fourth-order valence-corrected chi connectivity index (χ4v) is 0.977. The molecule has 1 aromatic carbocycles. The highest BCUT2D eigenvalue weighted by atomic mass is 19.3. The van der Waals surface area contributed by atoms with Crippen LogP contribution in [0.5, 0.6) is 0 Å². The SMILES string of the molecule is OC(c1ccccc1)C(F)(F)C(F)F. The number of aliphatic hydroxyl groups is 1. The first-order valence-corrected chi connectivity index (χ1v) is 3.85. The van der Waals surface area contributed by atoms with Gasteiger partial charge in [-0.3, -0.25) is 0 Å². The Balaban J connectivity index is 2.90. The van der Waals surface area contributed by atoms with Gasteiger partial charge in [0.05, 0.1) is 0 Å². The Kier molecular flexibility index (Phi) is 3.10. The molecule has 1 nitrogen and oxygen atoms in total. The third-order valence-corrected chi connectivity index (χ3v) is 1.77. The molecule has 0 heterocycles. The Morgan fingerprint density at radius 1 is 1.07 bits per heavy atom. The van der Waals surface area contributed by atoms with Gasteiger partial charge in [-0.05, 0) is 5.56 Å². The molecule has 78 valence electrons. The first-order chi connectivity index (χ1) is 6.46. The van der Waals surface area contributed by atoms with E-state index in [4.69, 9.17) is 5.11 Å². The monoisotopic (exact) mass is 208 g/mol. The van der Waals surface area contributed by atoms with Crippen LogP contribution in [-0.2, 0) is 0 Å². The molecule has 1 atom stereocenters. The van der Waals surface area contributed by atoms with E-state index >= 15 is 0 Å². The lowest BCUT2D eigenvalue weighted by molar-refractivity contribution is -0.193. The summed E-state index contributed by atoms with van der Waals surface area (Å²) >= 11 is 0. The molecule has 1 rings (SSSR count). The number of hydrogen-bond acceptors (Lipinski definition) is 1. The van der Waals surface area contributed by atoms with Gasteiger partial charge in [0, 0.05) is 0 Å². The topological polar surface area (TPSA) is 20.2 Å². The fourth-order valence-electron chi connectivity index (χ4n) is 0.977. The molecular formula is C9H8F4O. The number of alkyl halides is 4. The second kappa shape index (κ2) is 3.96. The lowest BCUT2D eigenvalue weighted by Gasteiger charge is -2.21. The van der Waals surface area contributed by atoms with Crippen LogP contribution in [0.3, 0.4) is 0 Å². The Morgan fingerprint density at radius 3 is 2.00 bits per heavy atom. The third kappa shape index (κ3) is 2.04. The van der Waals surface area contributed by atoms with E-state index in [0.29, 0.717) is 0 Å². The van der Waals surface area contributed by atoms with Gasteiger partial charge in [0.1, 0.15) is 6.10 Å². The maximum absolute atomic E-state index is 12.6. The highest BCUT2D eigenvalue weighted by Gasteiger charge is 2.48. The Hall–Kier alpha value is -1.10. The zero-order valence-corrected chi connectivity index (χ0v) is 7.00. The van der Waals surface area contributed by atoms with Gasteiger partial charge in [-0.1, -0.05) is 30.3 Å². The minimum absolute atomic E-state index is 0.224. The van der Waals surface area contributed by atoms with Gasteiger partial charge in [0.25, 0.3) is 0 Å². The maximum Gasteiger partial charge on any atom is 0.336 e. The normalized spacial score (nSPS) is 14.4. The van der Waals surface area contributed by atoms with E-state index in [1.54, 1.807) is 0 Å².